The lowest BCUT2D eigenvalue weighted by molar-refractivity contribution is 0.673. The molecule has 12 aromatic rings. The molecule has 3 heterocycles. The molecule has 13 rings (SSSR count). The second kappa shape index (κ2) is 10.6. The predicted molar refractivity (Wildman–Crippen MR) is 230 cm³/mol. The van der Waals surface area contributed by atoms with Gasteiger partial charge in [-0.1, -0.05) is 133 Å². The molecule has 0 saturated carbocycles. The van der Waals surface area contributed by atoms with E-state index in [1.54, 1.807) is 0 Å². The SMILES string of the molecule is c1ccc(-c2cccc(-n3c4ccccc4c4ccc5c6c7oc8ccccc8c7ccc6n(-c6cc7c8c(cccc8c6)-c6ccccc6-7)c5c43)c2)cc1. The van der Waals surface area contributed by atoms with Gasteiger partial charge in [0.25, 0.3) is 0 Å². The summed E-state index contributed by atoms with van der Waals surface area (Å²) in [7, 11) is 0. The fourth-order valence-corrected chi connectivity index (χ4v) is 9.74. The summed E-state index contributed by atoms with van der Waals surface area (Å²) in [4.78, 5) is 0. The number of furan rings is 1. The normalized spacial score (nSPS) is 12.4. The van der Waals surface area contributed by atoms with Crippen LogP contribution in [0.1, 0.15) is 0 Å². The zero-order valence-corrected chi connectivity index (χ0v) is 29.6. The summed E-state index contributed by atoms with van der Waals surface area (Å²) in [5.74, 6) is 0. The van der Waals surface area contributed by atoms with Crippen molar-refractivity contribution in [2.45, 2.75) is 0 Å². The van der Waals surface area contributed by atoms with Crippen molar-refractivity contribution in [3.8, 4) is 44.8 Å². The van der Waals surface area contributed by atoms with E-state index in [9.17, 15) is 0 Å². The first-order valence-electron chi connectivity index (χ1n) is 18.9. The van der Waals surface area contributed by atoms with Crippen LogP contribution in [-0.4, -0.2) is 9.13 Å². The van der Waals surface area contributed by atoms with Crippen molar-refractivity contribution in [1.29, 1.82) is 0 Å². The van der Waals surface area contributed by atoms with Crippen LogP contribution >= 0.6 is 0 Å². The summed E-state index contributed by atoms with van der Waals surface area (Å²) < 4.78 is 11.8. The monoisotopic (exact) mass is 698 g/mol. The minimum atomic E-state index is 0.904. The topological polar surface area (TPSA) is 23.0 Å². The molecule has 254 valence electrons. The zero-order valence-electron chi connectivity index (χ0n) is 29.6. The predicted octanol–water partition coefficient (Wildman–Crippen LogP) is 14.2. The lowest BCUT2D eigenvalue weighted by atomic mass is 10.0. The van der Waals surface area contributed by atoms with Crippen LogP contribution in [0.3, 0.4) is 0 Å². The summed E-state index contributed by atoms with van der Waals surface area (Å²) in [5.41, 5.74) is 16.3. The average molecular weight is 699 g/mol. The quantitative estimate of drug-likeness (QED) is 0.180. The van der Waals surface area contributed by atoms with E-state index >= 15 is 0 Å². The van der Waals surface area contributed by atoms with E-state index in [0.717, 1.165) is 49.7 Å². The third-order valence-corrected chi connectivity index (χ3v) is 12.0. The van der Waals surface area contributed by atoms with Gasteiger partial charge in [0.05, 0.1) is 27.5 Å². The van der Waals surface area contributed by atoms with Gasteiger partial charge >= 0.3 is 0 Å². The fraction of sp³-hybridized carbons (Fsp3) is 0. The maximum Gasteiger partial charge on any atom is 0.145 e. The maximum absolute atomic E-state index is 6.82. The number of nitrogens with zero attached hydrogens (tertiary/aromatic N) is 2. The highest BCUT2D eigenvalue weighted by Gasteiger charge is 2.27. The molecular formula is C52H30N2O. The van der Waals surface area contributed by atoms with Crippen LogP contribution < -0.4 is 0 Å². The van der Waals surface area contributed by atoms with Gasteiger partial charge in [0.2, 0.25) is 0 Å². The van der Waals surface area contributed by atoms with E-state index in [0.29, 0.717) is 0 Å². The number of aromatic nitrogens is 2. The Hall–Kier alpha value is -7.36. The summed E-state index contributed by atoms with van der Waals surface area (Å²) in [6, 6.07) is 66.5. The van der Waals surface area contributed by atoms with Crippen molar-refractivity contribution in [1.82, 2.24) is 9.13 Å². The van der Waals surface area contributed by atoms with Crippen LogP contribution in [0.5, 0.6) is 0 Å². The van der Waals surface area contributed by atoms with E-state index < -0.39 is 0 Å². The van der Waals surface area contributed by atoms with Crippen molar-refractivity contribution in [3.63, 3.8) is 0 Å². The first-order valence-corrected chi connectivity index (χ1v) is 18.9. The van der Waals surface area contributed by atoms with Gasteiger partial charge in [-0.15, -0.1) is 0 Å². The Morgan fingerprint density at radius 3 is 1.93 bits per heavy atom. The third-order valence-electron chi connectivity index (χ3n) is 12.0. The van der Waals surface area contributed by atoms with Crippen LogP contribution in [0.2, 0.25) is 0 Å². The van der Waals surface area contributed by atoms with Crippen molar-refractivity contribution in [2.24, 2.45) is 0 Å². The fourth-order valence-electron chi connectivity index (χ4n) is 9.74. The second-order valence-electron chi connectivity index (χ2n) is 14.8. The molecule has 1 aliphatic rings. The van der Waals surface area contributed by atoms with Gasteiger partial charge in [-0.05, 0) is 92.7 Å². The second-order valence-corrected chi connectivity index (χ2v) is 14.8. The first-order chi connectivity index (χ1) is 27.3. The lowest BCUT2D eigenvalue weighted by Gasteiger charge is -2.15. The molecule has 0 spiro atoms. The summed E-state index contributed by atoms with van der Waals surface area (Å²) in [6.07, 6.45) is 0. The van der Waals surface area contributed by atoms with E-state index in [-0.39, 0.29) is 0 Å². The van der Waals surface area contributed by atoms with Crippen molar-refractivity contribution < 1.29 is 4.42 Å². The van der Waals surface area contributed by atoms with E-state index in [2.05, 4.69) is 191 Å². The molecule has 0 saturated heterocycles. The molecule has 0 unspecified atom stereocenters. The van der Waals surface area contributed by atoms with Crippen LogP contribution in [0, 0.1) is 0 Å². The largest absolute Gasteiger partial charge is 0.455 e. The summed E-state index contributed by atoms with van der Waals surface area (Å²) >= 11 is 0. The Morgan fingerprint density at radius 1 is 0.345 bits per heavy atom. The van der Waals surface area contributed by atoms with Gasteiger partial charge in [-0.25, -0.2) is 0 Å². The molecule has 0 fully saturated rings. The minimum absolute atomic E-state index is 0.904. The molecule has 0 radical (unpaired) electrons. The van der Waals surface area contributed by atoms with Crippen LogP contribution in [0.4, 0.5) is 0 Å². The Bertz CT molecular complexity index is 3600. The van der Waals surface area contributed by atoms with Gasteiger partial charge in [-0.2, -0.15) is 0 Å². The number of benzene rings is 9. The molecule has 0 atom stereocenters. The van der Waals surface area contributed by atoms with Gasteiger partial charge < -0.3 is 13.6 Å². The van der Waals surface area contributed by atoms with Gasteiger partial charge in [-0.3, -0.25) is 0 Å². The highest BCUT2D eigenvalue weighted by atomic mass is 16.3. The van der Waals surface area contributed by atoms with E-state index in [1.807, 2.05) is 0 Å². The van der Waals surface area contributed by atoms with Crippen LogP contribution in [0.15, 0.2) is 186 Å². The molecule has 0 bridgehead atoms. The average Bonchev–Trinajstić information content (AvgIpc) is 3.98. The zero-order chi connectivity index (χ0) is 35.8. The molecule has 9 aromatic carbocycles. The van der Waals surface area contributed by atoms with E-state index in [4.69, 9.17) is 4.42 Å². The number of para-hydroxylation sites is 2. The van der Waals surface area contributed by atoms with Crippen molar-refractivity contribution >= 4 is 76.3 Å². The Morgan fingerprint density at radius 2 is 1.02 bits per heavy atom. The molecule has 55 heavy (non-hydrogen) atoms. The number of fused-ring (bicyclic) bond motifs is 14. The van der Waals surface area contributed by atoms with Crippen LogP contribution in [0.25, 0.3) is 121 Å². The smallest absolute Gasteiger partial charge is 0.145 e. The van der Waals surface area contributed by atoms with Gasteiger partial charge in [0.15, 0.2) is 0 Å². The standard InChI is InChI=1S/C52H30N2O/c1-2-12-31(13-3-1)32-14-10-16-34(28-32)53-45-22-8-6-19-38(45)41-24-25-43-49-46(27-26-42-39-20-7-9-23-47(39)55-52(42)49)54(51(43)50(41)53)35-29-33-15-11-21-40-36-17-4-5-18-37(36)44(30-35)48(33)40/h1-30H. The summed E-state index contributed by atoms with van der Waals surface area (Å²) in [6.45, 7) is 0. The maximum atomic E-state index is 6.82. The lowest BCUT2D eigenvalue weighted by Crippen LogP contribution is -1.99. The third kappa shape index (κ3) is 3.84. The molecule has 3 aromatic heterocycles. The highest BCUT2D eigenvalue weighted by molar-refractivity contribution is 6.29. The van der Waals surface area contributed by atoms with Crippen molar-refractivity contribution in [3.05, 3.63) is 182 Å². The Balaban J connectivity index is 1.24. The highest BCUT2D eigenvalue weighted by Crippen LogP contribution is 2.50. The summed E-state index contributed by atoms with van der Waals surface area (Å²) in [5, 5.41) is 9.58. The van der Waals surface area contributed by atoms with Gasteiger partial charge in [0.1, 0.15) is 11.2 Å². The first kappa shape index (κ1) is 29.1. The number of rotatable bonds is 3. The molecule has 1 aliphatic carbocycles. The van der Waals surface area contributed by atoms with Crippen molar-refractivity contribution in [2.75, 3.05) is 0 Å². The number of hydrogen-bond donors (Lipinski definition) is 0. The molecule has 0 N–H and O–H groups in total. The molecule has 3 nitrogen and oxygen atoms in total. The molecular weight excluding hydrogens is 669 g/mol. The Labute approximate surface area is 315 Å². The van der Waals surface area contributed by atoms with Gasteiger partial charge in [0, 0.05) is 38.3 Å². The number of hydrogen-bond acceptors (Lipinski definition) is 1. The van der Waals surface area contributed by atoms with Crippen LogP contribution in [-0.2, 0) is 0 Å². The molecule has 0 amide bonds. The molecule has 0 aliphatic heterocycles. The minimum Gasteiger partial charge on any atom is -0.455 e. The van der Waals surface area contributed by atoms with E-state index in [1.165, 1.54) is 71.3 Å². The molecule has 3 heteroatoms. The Kier molecular flexibility index (Phi) is 5.63.